The fraction of sp³-hybridized carbons (Fsp3) is 0.533. The molecule has 1 rings (SSSR count). The number of benzene rings is 1. The fourth-order valence-corrected chi connectivity index (χ4v) is 2.97. The first-order valence-corrected chi connectivity index (χ1v) is 6.82. The summed E-state index contributed by atoms with van der Waals surface area (Å²) in [6.45, 7) is 10.4. The highest BCUT2D eigenvalue weighted by Gasteiger charge is 2.17. The summed E-state index contributed by atoms with van der Waals surface area (Å²) in [4.78, 5) is 11.5. The van der Waals surface area contributed by atoms with Gasteiger partial charge in [-0.25, -0.2) is 0 Å². The monoisotopic (exact) mass is 250 g/mol. The standard InChI is InChI=1S/C15H23OP/c1-9(2)12-6-7-14(17)15(10(3)4)13(12)8-11(5)16/h6-7,9-10H,8,17H2,1-5H3. The van der Waals surface area contributed by atoms with E-state index in [-0.39, 0.29) is 5.78 Å². The van der Waals surface area contributed by atoms with Gasteiger partial charge in [-0.1, -0.05) is 39.8 Å². The molecule has 0 saturated heterocycles. The van der Waals surface area contributed by atoms with Gasteiger partial charge in [-0.3, -0.25) is 4.79 Å². The van der Waals surface area contributed by atoms with Gasteiger partial charge in [0.25, 0.3) is 0 Å². The van der Waals surface area contributed by atoms with E-state index in [2.05, 4.69) is 49.1 Å². The molecule has 0 spiro atoms. The van der Waals surface area contributed by atoms with Gasteiger partial charge in [0.15, 0.2) is 0 Å². The summed E-state index contributed by atoms with van der Waals surface area (Å²) in [5, 5.41) is 1.22. The largest absolute Gasteiger partial charge is 0.300 e. The van der Waals surface area contributed by atoms with Gasteiger partial charge in [0.2, 0.25) is 0 Å². The predicted octanol–water partition coefficient (Wildman–Crippen LogP) is 3.57. The van der Waals surface area contributed by atoms with Crippen molar-refractivity contribution in [3.8, 4) is 0 Å². The second-order valence-corrected chi connectivity index (χ2v) is 5.95. The van der Waals surface area contributed by atoms with Gasteiger partial charge in [-0.05, 0) is 40.8 Å². The number of Topliss-reactive ketones (excluding diaryl/α,β-unsaturated/α-hetero) is 1. The number of carbonyl (C=O) groups is 1. The average molecular weight is 250 g/mol. The Hall–Kier alpha value is -0.680. The molecule has 0 amide bonds. The van der Waals surface area contributed by atoms with E-state index in [0.29, 0.717) is 18.3 Å². The minimum atomic E-state index is 0.240. The quantitative estimate of drug-likeness (QED) is 0.747. The van der Waals surface area contributed by atoms with E-state index in [9.17, 15) is 4.79 Å². The normalized spacial score (nSPS) is 11.3. The van der Waals surface area contributed by atoms with Gasteiger partial charge in [-0.15, -0.1) is 9.24 Å². The lowest BCUT2D eigenvalue weighted by molar-refractivity contribution is -0.116. The molecule has 0 bridgehead atoms. The van der Waals surface area contributed by atoms with Gasteiger partial charge in [0.05, 0.1) is 0 Å². The summed E-state index contributed by atoms with van der Waals surface area (Å²) in [5.74, 6) is 1.16. The van der Waals surface area contributed by atoms with Crippen molar-refractivity contribution in [3.63, 3.8) is 0 Å². The number of rotatable bonds is 4. The Morgan fingerprint density at radius 1 is 1.18 bits per heavy atom. The zero-order valence-electron chi connectivity index (χ0n) is 11.5. The molecule has 0 radical (unpaired) electrons. The molecule has 1 aromatic rings. The number of hydrogen-bond donors (Lipinski definition) is 0. The van der Waals surface area contributed by atoms with E-state index in [0.717, 1.165) is 0 Å². The Bertz CT molecular complexity index is 419. The van der Waals surface area contributed by atoms with Crippen molar-refractivity contribution < 1.29 is 4.79 Å². The van der Waals surface area contributed by atoms with Gasteiger partial charge in [0.1, 0.15) is 5.78 Å². The van der Waals surface area contributed by atoms with Crippen LogP contribution in [0, 0.1) is 0 Å². The van der Waals surface area contributed by atoms with Crippen LogP contribution < -0.4 is 5.30 Å². The van der Waals surface area contributed by atoms with E-state index in [1.807, 2.05) is 0 Å². The van der Waals surface area contributed by atoms with Crippen LogP contribution in [0.3, 0.4) is 0 Å². The minimum absolute atomic E-state index is 0.240. The summed E-state index contributed by atoms with van der Waals surface area (Å²) in [6, 6.07) is 4.32. The SMILES string of the molecule is CC(=O)Cc1c(C(C)C)ccc(P)c1C(C)C. The Morgan fingerprint density at radius 3 is 2.18 bits per heavy atom. The lowest BCUT2D eigenvalue weighted by atomic mass is 9.86. The van der Waals surface area contributed by atoms with Crippen LogP contribution in [-0.4, -0.2) is 5.78 Å². The second kappa shape index (κ2) is 5.78. The molecule has 0 fully saturated rings. The van der Waals surface area contributed by atoms with Crippen molar-refractivity contribution in [2.45, 2.75) is 52.9 Å². The molecule has 17 heavy (non-hydrogen) atoms. The van der Waals surface area contributed by atoms with Crippen molar-refractivity contribution in [1.82, 2.24) is 0 Å². The first-order valence-electron chi connectivity index (χ1n) is 6.25. The molecule has 1 aromatic carbocycles. The summed E-state index contributed by atoms with van der Waals surface area (Å²) < 4.78 is 0. The molecular formula is C15H23OP. The summed E-state index contributed by atoms with van der Waals surface area (Å²) in [6.07, 6.45) is 0.559. The summed E-state index contributed by atoms with van der Waals surface area (Å²) in [7, 11) is 2.79. The van der Waals surface area contributed by atoms with Crippen LogP contribution in [0.1, 0.15) is 63.1 Å². The van der Waals surface area contributed by atoms with Crippen LogP contribution in [0.2, 0.25) is 0 Å². The van der Waals surface area contributed by atoms with Crippen molar-refractivity contribution in [2.24, 2.45) is 0 Å². The molecule has 0 aliphatic heterocycles. The zero-order chi connectivity index (χ0) is 13.2. The molecule has 1 atom stereocenters. The van der Waals surface area contributed by atoms with E-state index in [1.54, 1.807) is 6.92 Å². The van der Waals surface area contributed by atoms with Crippen LogP contribution in [0.5, 0.6) is 0 Å². The molecule has 94 valence electrons. The zero-order valence-corrected chi connectivity index (χ0v) is 12.7. The predicted molar refractivity (Wildman–Crippen MR) is 78.3 cm³/mol. The lowest BCUT2D eigenvalue weighted by Crippen LogP contribution is -2.14. The Morgan fingerprint density at radius 2 is 1.76 bits per heavy atom. The molecule has 0 heterocycles. The maximum Gasteiger partial charge on any atom is 0.134 e. The molecule has 1 nitrogen and oxygen atoms in total. The third-order valence-electron chi connectivity index (χ3n) is 3.05. The maximum absolute atomic E-state index is 11.5. The van der Waals surface area contributed by atoms with E-state index in [1.165, 1.54) is 22.0 Å². The third-order valence-corrected chi connectivity index (χ3v) is 3.56. The molecule has 1 unspecified atom stereocenters. The smallest absolute Gasteiger partial charge is 0.134 e. The van der Waals surface area contributed by atoms with Gasteiger partial charge in [0, 0.05) is 6.42 Å². The van der Waals surface area contributed by atoms with E-state index >= 15 is 0 Å². The highest BCUT2D eigenvalue weighted by atomic mass is 31.0. The highest BCUT2D eigenvalue weighted by Crippen LogP contribution is 2.28. The van der Waals surface area contributed by atoms with Crippen molar-refractivity contribution in [2.75, 3.05) is 0 Å². The number of ketones is 1. The van der Waals surface area contributed by atoms with Gasteiger partial charge in [-0.2, -0.15) is 0 Å². The third kappa shape index (κ3) is 3.39. The van der Waals surface area contributed by atoms with Crippen LogP contribution in [-0.2, 0) is 11.2 Å². The Balaban J connectivity index is 3.43. The first-order chi connectivity index (χ1) is 7.84. The molecule has 0 aliphatic carbocycles. The van der Waals surface area contributed by atoms with Crippen molar-refractivity contribution in [3.05, 3.63) is 28.8 Å². The van der Waals surface area contributed by atoms with Gasteiger partial charge >= 0.3 is 0 Å². The molecular weight excluding hydrogens is 227 g/mol. The Labute approximate surface area is 107 Å². The maximum atomic E-state index is 11.5. The molecule has 0 aromatic heterocycles. The summed E-state index contributed by atoms with van der Waals surface area (Å²) >= 11 is 0. The van der Waals surface area contributed by atoms with E-state index in [4.69, 9.17) is 0 Å². The molecule has 0 aliphatic rings. The highest BCUT2D eigenvalue weighted by molar-refractivity contribution is 7.27. The molecule has 0 N–H and O–H groups in total. The van der Waals surface area contributed by atoms with Crippen LogP contribution in [0.25, 0.3) is 0 Å². The van der Waals surface area contributed by atoms with E-state index < -0.39 is 0 Å². The Kier molecular flexibility index (Phi) is 4.89. The topological polar surface area (TPSA) is 17.1 Å². The fourth-order valence-electron chi connectivity index (χ4n) is 2.37. The van der Waals surface area contributed by atoms with Crippen LogP contribution >= 0.6 is 9.24 Å². The number of carbonyl (C=O) groups excluding carboxylic acids is 1. The minimum Gasteiger partial charge on any atom is -0.300 e. The average Bonchev–Trinajstić information content (AvgIpc) is 2.15. The van der Waals surface area contributed by atoms with Crippen LogP contribution in [0.4, 0.5) is 0 Å². The van der Waals surface area contributed by atoms with Crippen molar-refractivity contribution >= 4 is 20.3 Å². The lowest BCUT2D eigenvalue weighted by Gasteiger charge is -2.21. The number of hydrogen-bond acceptors (Lipinski definition) is 1. The second-order valence-electron chi connectivity index (χ2n) is 5.32. The summed E-state index contributed by atoms with van der Waals surface area (Å²) in [5.41, 5.74) is 3.89. The molecule has 2 heteroatoms. The molecule has 0 saturated carbocycles. The van der Waals surface area contributed by atoms with Crippen LogP contribution in [0.15, 0.2) is 12.1 Å². The first kappa shape index (κ1) is 14.4. The van der Waals surface area contributed by atoms with Crippen molar-refractivity contribution in [1.29, 1.82) is 0 Å². The van der Waals surface area contributed by atoms with Gasteiger partial charge < -0.3 is 0 Å².